The number of phenolic OH excluding ortho intramolecular Hbond substituents is 1. The monoisotopic (exact) mass is 295 g/mol. The predicted molar refractivity (Wildman–Crippen MR) is 78.1 cm³/mol. The predicted octanol–water partition coefficient (Wildman–Crippen LogP) is 3.47. The number of carbonyl (C=O) groups is 1. The Hall–Kier alpha value is -1.52. The molecule has 1 heterocycles. The van der Waals surface area contributed by atoms with Gasteiger partial charge in [0.2, 0.25) is 0 Å². The summed E-state index contributed by atoms with van der Waals surface area (Å²) < 4.78 is 0. The second-order valence-electron chi connectivity index (χ2n) is 4.37. The summed E-state index contributed by atoms with van der Waals surface area (Å²) >= 11 is 7.58. The fraction of sp³-hybridized carbons (Fsp3) is 0.214. The Labute approximate surface area is 120 Å². The summed E-state index contributed by atoms with van der Waals surface area (Å²) in [4.78, 5) is 12.1. The molecule has 0 aliphatic carbocycles. The number of aromatic hydroxyl groups is 1. The average molecular weight is 296 g/mol. The lowest BCUT2D eigenvalue weighted by Crippen LogP contribution is -2.34. The molecular formula is C14H14ClNO2S. The van der Waals surface area contributed by atoms with Crippen LogP contribution in [0.1, 0.15) is 22.8 Å². The smallest absolute Gasteiger partial charge is 0.253 e. The molecule has 1 aromatic heterocycles. The highest BCUT2D eigenvalue weighted by Crippen LogP contribution is 2.21. The first-order valence-electron chi connectivity index (χ1n) is 5.86. The molecule has 2 rings (SSSR count). The van der Waals surface area contributed by atoms with Crippen molar-refractivity contribution in [3.05, 3.63) is 51.2 Å². The molecule has 2 aromatic rings. The van der Waals surface area contributed by atoms with Gasteiger partial charge < -0.3 is 10.4 Å². The van der Waals surface area contributed by atoms with E-state index in [1.807, 2.05) is 18.4 Å². The Bertz CT molecular complexity index is 569. The first-order chi connectivity index (χ1) is 9.06. The van der Waals surface area contributed by atoms with E-state index in [9.17, 15) is 9.90 Å². The van der Waals surface area contributed by atoms with Gasteiger partial charge in [-0.2, -0.15) is 11.3 Å². The first kappa shape index (κ1) is 13.9. The van der Waals surface area contributed by atoms with Gasteiger partial charge in [-0.1, -0.05) is 11.6 Å². The van der Waals surface area contributed by atoms with Gasteiger partial charge in [-0.3, -0.25) is 4.79 Å². The lowest BCUT2D eigenvalue weighted by Gasteiger charge is -2.14. The molecule has 5 heteroatoms. The second kappa shape index (κ2) is 6.08. The maximum absolute atomic E-state index is 12.1. The topological polar surface area (TPSA) is 49.3 Å². The zero-order chi connectivity index (χ0) is 13.8. The summed E-state index contributed by atoms with van der Waals surface area (Å²) in [7, 11) is 0. The van der Waals surface area contributed by atoms with Crippen LogP contribution in [0.3, 0.4) is 0 Å². The number of phenols is 1. The standard InChI is InChI=1S/C14H14ClNO2S/c1-9(6-10-4-5-19-8-10)16-14(18)12-7-11(17)2-3-13(12)15/h2-5,7-9,17H,6H2,1H3,(H,16,18). The van der Waals surface area contributed by atoms with Crippen LogP contribution in [0, 0.1) is 0 Å². The van der Waals surface area contributed by atoms with Gasteiger partial charge in [0.25, 0.3) is 5.91 Å². The fourth-order valence-electron chi connectivity index (χ4n) is 1.80. The van der Waals surface area contributed by atoms with E-state index in [0.29, 0.717) is 10.6 Å². The minimum absolute atomic E-state index is 0.000477. The first-order valence-corrected chi connectivity index (χ1v) is 7.19. The Kier molecular flexibility index (Phi) is 4.45. The molecule has 1 aromatic carbocycles. The summed E-state index contributed by atoms with van der Waals surface area (Å²) in [6.07, 6.45) is 0.770. The van der Waals surface area contributed by atoms with Crippen molar-refractivity contribution in [3.8, 4) is 5.75 Å². The third-order valence-electron chi connectivity index (χ3n) is 2.69. The van der Waals surface area contributed by atoms with Gasteiger partial charge in [0.1, 0.15) is 5.75 Å². The summed E-state index contributed by atoms with van der Waals surface area (Å²) in [5.41, 5.74) is 1.48. The molecule has 3 nitrogen and oxygen atoms in total. The van der Waals surface area contributed by atoms with Crippen molar-refractivity contribution in [3.63, 3.8) is 0 Å². The van der Waals surface area contributed by atoms with Crippen LogP contribution in [0.5, 0.6) is 5.75 Å². The second-order valence-corrected chi connectivity index (χ2v) is 5.56. The Morgan fingerprint density at radius 2 is 2.26 bits per heavy atom. The van der Waals surface area contributed by atoms with Crippen LogP contribution in [0.25, 0.3) is 0 Å². The molecule has 2 N–H and O–H groups in total. The SMILES string of the molecule is CC(Cc1ccsc1)NC(=O)c1cc(O)ccc1Cl. The van der Waals surface area contributed by atoms with E-state index < -0.39 is 0 Å². The third kappa shape index (κ3) is 3.72. The highest BCUT2D eigenvalue weighted by molar-refractivity contribution is 7.07. The summed E-state index contributed by atoms with van der Waals surface area (Å²) in [6, 6.07) is 6.37. The number of nitrogens with one attached hydrogen (secondary N) is 1. The summed E-state index contributed by atoms with van der Waals surface area (Å²) in [6.45, 7) is 1.94. The third-order valence-corrected chi connectivity index (χ3v) is 3.76. The number of rotatable bonds is 4. The van der Waals surface area contributed by atoms with E-state index in [4.69, 9.17) is 11.6 Å². The Morgan fingerprint density at radius 1 is 1.47 bits per heavy atom. The molecular weight excluding hydrogens is 282 g/mol. The molecule has 0 aliphatic heterocycles. The molecule has 0 spiro atoms. The van der Waals surface area contributed by atoms with Crippen LogP contribution < -0.4 is 5.32 Å². The molecule has 0 aliphatic rings. The van der Waals surface area contributed by atoms with Gasteiger partial charge in [-0.25, -0.2) is 0 Å². The number of hydrogen-bond donors (Lipinski definition) is 2. The Morgan fingerprint density at radius 3 is 2.95 bits per heavy atom. The lowest BCUT2D eigenvalue weighted by atomic mass is 10.1. The highest BCUT2D eigenvalue weighted by Gasteiger charge is 2.14. The van der Waals surface area contributed by atoms with Crippen molar-refractivity contribution in [2.75, 3.05) is 0 Å². The molecule has 0 saturated heterocycles. The normalized spacial score (nSPS) is 12.1. The quantitative estimate of drug-likeness (QED) is 0.907. The number of halogens is 1. The van der Waals surface area contributed by atoms with E-state index >= 15 is 0 Å². The number of amides is 1. The Balaban J connectivity index is 2.02. The van der Waals surface area contributed by atoms with Crippen molar-refractivity contribution < 1.29 is 9.90 Å². The largest absolute Gasteiger partial charge is 0.508 e. The molecule has 0 radical (unpaired) electrons. The highest BCUT2D eigenvalue weighted by atomic mass is 35.5. The van der Waals surface area contributed by atoms with Crippen LogP contribution in [0.15, 0.2) is 35.0 Å². The zero-order valence-electron chi connectivity index (χ0n) is 10.4. The number of benzene rings is 1. The molecule has 1 atom stereocenters. The van der Waals surface area contributed by atoms with Crippen molar-refractivity contribution in [1.29, 1.82) is 0 Å². The lowest BCUT2D eigenvalue weighted by molar-refractivity contribution is 0.0940. The van der Waals surface area contributed by atoms with E-state index in [-0.39, 0.29) is 17.7 Å². The number of hydrogen-bond acceptors (Lipinski definition) is 3. The van der Waals surface area contributed by atoms with Gasteiger partial charge in [-0.15, -0.1) is 0 Å². The number of carbonyl (C=O) groups excluding carboxylic acids is 1. The van der Waals surface area contributed by atoms with Crippen molar-refractivity contribution in [2.45, 2.75) is 19.4 Å². The maximum atomic E-state index is 12.1. The average Bonchev–Trinajstić information content (AvgIpc) is 2.84. The van der Waals surface area contributed by atoms with Gasteiger partial charge in [-0.05, 0) is 53.9 Å². The molecule has 0 saturated carbocycles. The fourth-order valence-corrected chi connectivity index (χ4v) is 2.69. The molecule has 0 fully saturated rings. The van der Waals surface area contributed by atoms with E-state index in [1.54, 1.807) is 11.3 Å². The minimum Gasteiger partial charge on any atom is -0.508 e. The van der Waals surface area contributed by atoms with Crippen LogP contribution in [0.4, 0.5) is 0 Å². The van der Waals surface area contributed by atoms with E-state index in [2.05, 4.69) is 10.7 Å². The molecule has 1 unspecified atom stereocenters. The maximum Gasteiger partial charge on any atom is 0.253 e. The summed E-state index contributed by atoms with van der Waals surface area (Å²) in [5.74, 6) is -0.247. The minimum atomic E-state index is -0.274. The van der Waals surface area contributed by atoms with Gasteiger partial charge in [0.05, 0.1) is 10.6 Å². The molecule has 0 bridgehead atoms. The van der Waals surface area contributed by atoms with Crippen LogP contribution in [-0.2, 0) is 6.42 Å². The zero-order valence-corrected chi connectivity index (χ0v) is 12.0. The van der Waals surface area contributed by atoms with Gasteiger partial charge in [0, 0.05) is 6.04 Å². The van der Waals surface area contributed by atoms with Crippen LogP contribution >= 0.6 is 22.9 Å². The molecule has 19 heavy (non-hydrogen) atoms. The van der Waals surface area contributed by atoms with Crippen molar-refractivity contribution >= 4 is 28.8 Å². The van der Waals surface area contributed by atoms with Crippen LogP contribution in [0.2, 0.25) is 5.02 Å². The van der Waals surface area contributed by atoms with Crippen molar-refractivity contribution in [1.82, 2.24) is 5.32 Å². The van der Waals surface area contributed by atoms with Gasteiger partial charge >= 0.3 is 0 Å². The molecule has 100 valence electrons. The van der Waals surface area contributed by atoms with Crippen LogP contribution in [-0.4, -0.2) is 17.1 Å². The van der Waals surface area contributed by atoms with E-state index in [0.717, 1.165) is 6.42 Å². The van der Waals surface area contributed by atoms with Crippen molar-refractivity contribution in [2.24, 2.45) is 0 Å². The van der Waals surface area contributed by atoms with Gasteiger partial charge in [0.15, 0.2) is 0 Å². The number of thiophene rings is 1. The summed E-state index contributed by atoms with van der Waals surface area (Å²) in [5, 5.41) is 16.7. The molecule has 1 amide bonds. The van der Waals surface area contributed by atoms with E-state index in [1.165, 1.54) is 23.8 Å².